The van der Waals surface area contributed by atoms with Crippen LogP contribution in [-0.4, -0.2) is 5.16 Å². The molecule has 2 N–H and O–H groups in total. The maximum absolute atomic E-state index is 5.78. The Labute approximate surface area is 82.0 Å². The Balaban J connectivity index is 2.23. The van der Waals surface area contributed by atoms with E-state index in [2.05, 4.69) is 5.16 Å². The van der Waals surface area contributed by atoms with Crippen molar-refractivity contribution in [2.45, 2.75) is 13.5 Å². The summed E-state index contributed by atoms with van der Waals surface area (Å²) < 4.78 is 7.00. The fourth-order valence-electron chi connectivity index (χ4n) is 1.29. The van der Waals surface area contributed by atoms with Crippen molar-refractivity contribution in [3.63, 3.8) is 0 Å². The van der Waals surface area contributed by atoms with Gasteiger partial charge in [-0.1, -0.05) is 11.2 Å². The number of pyridine rings is 1. The lowest BCUT2D eigenvalue weighted by Crippen LogP contribution is -2.36. The first-order valence-electron chi connectivity index (χ1n) is 4.42. The van der Waals surface area contributed by atoms with E-state index < -0.39 is 0 Å². The molecule has 0 aromatic carbocycles. The highest BCUT2D eigenvalue weighted by Crippen LogP contribution is 2.02. The third kappa shape index (κ3) is 1.74. The van der Waals surface area contributed by atoms with Crippen molar-refractivity contribution in [1.29, 1.82) is 0 Å². The lowest BCUT2D eigenvalue weighted by Gasteiger charge is -1.98. The maximum atomic E-state index is 5.78. The summed E-state index contributed by atoms with van der Waals surface area (Å²) in [7, 11) is 0. The molecule has 0 aliphatic carbocycles. The smallest absolute Gasteiger partial charge is 0.272 e. The van der Waals surface area contributed by atoms with Crippen molar-refractivity contribution in [3.8, 4) is 0 Å². The zero-order valence-electron chi connectivity index (χ0n) is 7.97. The Hall–Kier alpha value is -1.84. The number of aryl methyl sites for hydroxylation is 1. The van der Waals surface area contributed by atoms with Crippen LogP contribution in [0.4, 0.5) is 5.82 Å². The average Bonchev–Trinajstić information content (AvgIpc) is 2.56. The van der Waals surface area contributed by atoms with Gasteiger partial charge in [0.1, 0.15) is 0 Å². The quantitative estimate of drug-likeness (QED) is 0.716. The van der Waals surface area contributed by atoms with Crippen molar-refractivity contribution in [3.05, 3.63) is 41.9 Å². The number of nitrogens with two attached hydrogens (primary N) is 1. The van der Waals surface area contributed by atoms with Gasteiger partial charge in [-0.3, -0.25) is 5.73 Å². The maximum Gasteiger partial charge on any atom is 0.272 e. The van der Waals surface area contributed by atoms with Gasteiger partial charge in [-0.25, -0.2) is 4.57 Å². The molecule has 0 atom stereocenters. The van der Waals surface area contributed by atoms with Crippen LogP contribution in [0, 0.1) is 6.92 Å². The number of anilines is 1. The van der Waals surface area contributed by atoms with Gasteiger partial charge in [0.05, 0.1) is 11.9 Å². The molecular weight excluding hydrogens is 178 g/mol. The normalized spacial score (nSPS) is 10.4. The van der Waals surface area contributed by atoms with Crippen LogP contribution in [0.15, 0.2) is 35.0 Å². The highest BCUT2D eigenvalue weighted by molar-refractivity contribution is 5.19. The van der Waals surface area contributed by atoms with Crippen molar-refractivity contribution < 1.29 is 9.09 Å². The summed E-state index contributed by atoms with van der Waals surface area (Å²) >= 11 is 0. The van der Waals surface area contributed by atoms with E-state index >= 15 is 0 Å². The van der Waals surface area contributed by atoms with E-state index in [0.29, 0.717) is 12.4 Å². The van der Waals surface area contributed by atoms with Gasteiger partial charge in [0.25, 0.3) is 5.82 Å². The van der Waals surface area contributed by atoms with Gasteiger partial charge in [0, 0.05) is 12.1 Å². The summed E-state index contributed by atoms with van der Waals surface area (Å²) in [6, 6.07) is 7.58. The first-order chi connectivity index (χ1) is 6.75. The van der Waals surface area contributed by atoms with E-state index in [-0.39, 0.29) is 0 Å². The monoisotopic (exact) mass is 190 g/mol. The van der Waals surface area contributed by atoms with Crippen molar-refractivity contribution in [2.75, 3.05) is 5.73 Å². The molecule has 0 aliphatic heterocycles. The van der Waals surface area contributed by atoms with Gasteiger partial charge in [-0.2, -0.15) is 0 Å². The van der Waals surface area contributed by atoms with Crippen LogP contribution in [0.2, 0.25) is 0 Å². The molecule has 4 heteroatoms. The summed E-state index contributed by atoms with van der Waals surface area (Å²) in [4.78, 5) is 0. The minimum Gasteiger partial charge on any atom is -0.357 e. The van der Waals surface area contributed by atoms with E-state index in [4.69, 9.17) is 10.3 Å². The first-order valence-corrected chi connectivity index (χ1v) is 4.42. The van der Waals surface area contributed by atoms with Crippen LogP contribution < -0.4 is 10.3 Å². The summed E-state index contributed by atoms with van der Waals surface area (Å²) in [6.45, 7) is 2.51. The molecule has 0 bridgehead atoms. The van der Waals surface area contributed by atoms with Crippen LogP contribution in [0.3, 0.4) is 0 Å². The molecular formula is C10H12N3O+. The molecule has 0 aliphatic rings. The molecule has 0 spiro atoms. The second kappa shape index (κ2) is 3.49. The Morgan fingerprint density at radius 1 is 1.50 bits per heavy atom. The summed E-state index contributed by atoms with van der Waals surface area (Å²) in [5, 5.41) is 3.81. The largest absolute Gasteiger partial charge is 0.357 e. The molecule has 0 unspecified atom stereocenters. The predicted octanol–water partition coefficient (Wildman–Crippen LogP) is 0.901. The molecule has 4 nitrogen and oxygen atoms in total. The zero-order valence-corrected chi connectivity index (χ0v) is 7.97. The molecule has 0 amide bonds. The van der Waals surface area contributed by atoms with Crippen molar-refractivity contribution in [1.82, 2.24) is 5.16 Å². The highest BCUT2D eigenvalue weighted by atomic mass is 16.5. The van der Waals surface area contributed by atoms with Gasteiger partial charge in [-0.05, 0) is 13.0 Å². The number of nitrogens with zero attached hydrogens (tertiary/aromatic N) is 2. The lowest BCUT2D eigenvalue weighted by molar-refractivity contribution is -0.675. The minimum atomic E-state index is 0.619. The van der Waals surface area contributed by atoms with E-state index in [1.807, 2.05) is 42.0 Å². The van der Waals surface area contributed by atoms with Gasteiger partial charge in [0.15, 0.2) is 12.3 Å². The van der Waals surface area contributed by atoms with Crippen molar-refractivity contribution >= 4 is 5.82 Å². The number of hydrogen-bond donors (Lipinski definition) is 1. The first kappa shape index (κ1) is 8.74. The second-order valence-corrected chi connectivity index (χ2v) is 3.19. The molecule has 0 fully saturated rings. The Morgan fingerprint density at radius 2 is 2.36 bits per heavy atom. The number of rotatable bonds is 2. The number of nitrogen functional groups attached to an aromatic ring is 1. The molecule has 14 heavy (non-hydrogen) atoms. The third-order valence-electron chi connectivity index (χ3n) is 1.98. The minimum absolute atomic E-state index is 0.619. The standard InChI is InChI=1S/C10H11N3O/c1-8-6-9(14-12-8)7-13-5-3-2-4-10(13)11/h2-6,11H,7H2,1H3/p+1. The Bertz CT molecular complexity index is 436. The highest BCUT2D eigenvalue weighted by Gasteiger charge is 2.07. The van der Waals surface area contributed by atoms with E-state index in [0.717, 1.165) is 11.5 Å². The number of aromatic nitrogens is 2. The van der Waals surface area contributed by atoms with Crippen LogP contribution in [-0.2, 0) is 6.54 Å². The number of hydrogen-bond acceptors (Lipinski definition) is 3. The Kier molecular flexibility index (Phi) is 2.18. The summed E-state index contributed by atoms with van der Waals surface area (Å²) in [5.74, 6) is 1.52. The van der Waals surface area contributed by atoms with Crippen LogP contribution in [0.1, 0.15) is 11.5 Å². The molecule has 2 rings (SSSR count). The topological polar surface area (TPSA) is 55.9 Å². The second-order valence-electron chi connectivity index (χ2n) is 3.19. The van der Waals surface area contributed by atoms with E-state index in [9.17, 15) is 0 Å². The summed E-state index contributed by atoms with van der Waals surface area (Å²) in [5.41, 5.74) is 6.66. The zero-order chi connectivity index (χ0) is 9.97. The lowest BCUT2D eigenvalue weighted by atomic mass is 10.3. The van der Waals surface area contributed by atoms with Gasteiger partial charge < -0.3 is 4.52 Å². The molecule has 2 aromatic rings. The molecule has 0 saturated heterocycles. The van der Waals surface area contributed by atoms with Crippen LogP contribution in [0.5, 0.6) is 0 Å². The summed E-state index contributed by atoms with van der Waals surface area (Å²) in [6.07, 6.45) is 1.91. The average molecular weight is 190 g/mol. The van der Waals surface area contributed by atoms with Crippen LogP contribution >= 0.6 is 0 Å². The molecule has 72 valence electrons. The molecule has 2 aromatic heterocycles. The van der Waals surface area contributed by atoms with Gasteiger partial charge in [-0.15, -0.1) is 0 Å². The molecule has 0 radical (unpaired) electrons. The Morgan fingerprint density at radius 3 is 3.00 bits per heavy atom. The fourth-order valence-corrected chi connectivity index (χ4v) is 1.29. The SMILES string of the molecule is Cc1cc(C[n+]2ccccc2N)on1. The molecule has 0 saturated carbocycles. The predicted molar refractivity (Wildman–Crippen MR) is 51.4 cm³/mol. The van der Waals surface area contributed by atoms with Crippen molar-refractivity contribution in [2.24, 2.45) is 0 Å². The van der Waals surface area contributed by atoms with Crippen LogP contribution in [0.25, 0.3) is 0 Å². The van der Waals surface area contributed by atoms with E-state index in [1.165, 1.54) is 0 Å². The third-order valence-corrected chi connectivity index (χ3v) is 1.98. The van der Waals surface area contributed by atoms with E-state index in [1.54, 1.807) is 0 Å². The van der Waals surface area contributed by atoms with Gasteiger partial charge in [0.2, 0.25) is 0 Å². The molecule has 2 heterocycles. The fraction of sp³-hybridized carbons (Fsp3) is 0.200. The van der Waals surface area contributed by atoms with Gasteiger partial charge >= 0.3 is 0 Å².